The van der Waals surface area contributed by atoms with E-state index in [4.69, 9.17) is 5.73 Å². The summed E-state index contributed by atoms with van der Waals surface area (Å²) in [4.78, 5) is 16.6. The van der Waals surface area contributed by atoms with E-state index in [2.05, 4.69) is 15.2 Å². The molecule has 0 spiro atoms. The number of thioether (sulfide) groups is 1. The van der Waals surface area contributed by atoms with Gasteiger partial charge in [0, 0.05) is 37.7 Å². The van der Waals surface area contributed by atoms with Crippen molar-refractivity contribution in [3.8, 4) is 0 Å². The van der Waals surface area contributed by atoms with Crippen molar-refractivity contribution in [3.63, 3.8) is 0 Å². The second-order valence-corrected chi connectivity index (χ2v) is 5.50. The molecule has 3 N–H and O–H groups in total. The molecule has 1 saturated heterocycles. The van der Waals surface area contributed by atoms with Crippen molar-refractivity contribution in [1.29, 1.82) is 0 Å². The molecule has 1 aliphatic rings. The van der Waals surface area contributed by atoms with Gasteiger partial charge in [0.1, 0.15) is 11.6 Å². The van der Waals surface area contributed by atoms with Gasteiger partial charge in [0.2, 0.25) is 0 Å². The zero-order valence-corrected chi connectivity index (χ0v) is 11.4. The van der Waals surface area contributed by atoms with E-state index in [1.54, 1.807) is 0 Å². The number of nitrogens with zero attached hydrogens (tertiary/aromatic N) is 3. The summed E-state index contributed by atoms with van der Waals surface area (Å²) in [6.45, 7) is 3.80. The van der Waals surface area contributed by atoms with Crippen molar-refractivity contribution in [2.75, 3.05) is 48.7 Å². The van der Waals surface area contributed by atoms with Crippen LogP contribution in [-0.2, 0) is 0 Å². The van der Waals surface area contributed by atoms with Crippen LogP contribution in [0.3, 0.4) is 0 Å². The summed E-state index contributed by atoms with van der Waals surface area (Å²) in [5.74, 6) is 2.95. The van der Waals surface area contributed by atoms with Gasteiger partial charge in [-0.2, -0.15) is 11.8 Å². The average Bonchev–Trinajstić information content (AvgIpc) is 2.39. The fourth-order valence-electron chi connectivity index (χ4n) is 1.90. The first-order valence-corrected chi connectivity index (χ1v) is 7.26. The monoisotopic (exact) mass is 283 g/mol. The Kier molecular flexibility index (Phi) is 4.80. The molecule has 0 aliphatic carbocycles. The Morgan fingerprint density at radius 3 is 2.89 bits per heavy atom. The summed E-state index contributed by atoms with van der Waals surface area (Å²) < 4.78 is 0. The summed E-state index contributed by atoms with van der Waals surface area (Å²) in [6.07, 6.45) is 0. The molecule has 1 aromatic heterocycles. The lowest BCUT2D eigenvalue weighted by atomic mass is 10.3. The first kappa shape index (κ1) is 13.9. The van der Waals surface area contributed by atoms with Gasteiger partial charge in [0.05, 0.1) is 17.1 Å². The summed E-state index contributed by atoms with van der Waals surface area (Å²) in [7, 11) is 0. The minimum atomic E-state index is -0.467. The molecule has 2 heterocycles. The van der Waals surface area contributed by atoms with Crippen LogP contribution in [0, 0.1) is 10.1 Å². The lowest BCUT2D eigenvalue weighted by Gasteiger charge is -2.26. The number of hydrogen-bond acceptors (Lipinski definition) is 7. The third kappa shape index (κ3) is 4.25. The van der Waals surface area contributed by atoms with Crippen LogP contribution in [0.15, 0.2) is 12.1 Å². The topological polar surface area (TPSA) is 97.3 Å². The van der Waals surface area contributed by atoms with Crippen molar-refractivity contribution in [2.24, 2.45) is 0 Å². The fourth-order valence-corrected chi connectivity index (χ4v) is 2.88. The van der Waals surface area contributed by atoms with Crippen molar-refractivity contribution in [3.05, 3.63) is 22.2 Å². The number of rotatable bonds is 5. The molecule has 1 aromatic rings. The third-order valence-corrected chi connectivity index (χ3v) is 3.82. The normalized spacial score (nSPS) is 16.2. The zero-order chi connectivity index (χ0) is 13.7. The standard InChI is InChI=1S/C11H17N5O2S/c12-10-7-9(16(17)18)8-11(14-10)13-1-2-15-3-5-19-6-4-15/h7-8H,1-6H2,(H3,12,13,14). The van der Waals surface area contributed by atoms with Crippen LogP contribution < -0.4 is 11.1 Å². The SMILES string of the molecule is Nc1cc([N+](=O)[O-])cc(NCCN2CCSCC2)n1. The van der Waals surface area contributed by atoms with E-state index in [1.165, 1.54) is 23.6 Å². The summed E-state index contributed by atoms with van der Waals surface area (Å²) >= 11 is 1.97. The van der Waals surface area contributed by atoms with Gasteiger partial charge >= 0.3 is 0 Å². The molecule has 7 nitrogen and oxygen atoms in total. The Labute approximate surface area is 115 Å². The van der Waals surface area contributed by atoms with Crippen LogP contribution in [0.2, 0.25) is 0 Å². The van der Waals surface area contributed by atoms with Crippen LogP contribution >= 0.6 is 11.8 Å². The Balaban J connectivity index is 1.86. The highest BCUT2D eigenvalue weighted by atomic mass is 32.2. The summed E-state index contributed by atoms with van der Waals surface area (Å²) in [6, 6.07) is 2.66. The molecule has 1 fully saturated rings. The number of pyridine rings is 1. The third-order valence-electron chi connectivity index (χ3n) is 2.88. The highest BCUT2D eigenvalue weighted by molar-refractivity contribution is 7.99. The second kappa shape index (κ2) is 6.58. The average molecular weight is 283 g/mol. The largest absolute Gasteiger partial charge is 0.383 e. The Morgan fingerprint density at radius 1 is 1.47 bits per heavy atom. The van der Waals surface area contributed by atoms with Gasteiger partial charge in [-0.1, -0.05) is 0 Å². The van der Waals surface area contributed by atoms with Crippen LogP contribution in [0.1, 0.15) is 0 Å². The van der Waals surface area contributed by atoms with Crippen LogP contribution in [0.4, 0.5) is 17.3 Å². The quantitative estimate of drug-likeness (QED) is 0.615. The number of aromatic nitrogens is 1. The van der Waals surface area contributed by atoms with E-state index in [1.807, 2.05) is 11.8 Å². The van der Waals surface area contributed by atoms with Crippen LogP contribution in [-0.4, -0.2) is 52.5 Å². The van der Waals surface area contributed by atoms with Crippen LogP contribution in [0.5, 0.6) is 0 Å². The van der Waals surface area contributed by atoms with E-state index in [-0.39, 0.29) is 11.5 Å². The molecule has 0 amide bonds. The molecule has 0 unspecified atom stereocenters. The molecule has 0 atom stereocenters. The van der Waals surface area contributed by atoms with Crippen LogP contribution in [0.25, 0.3) is 0 Å². The highest BCUT2D eigenvalue weighted by Gasteiger charge is 2.11. The molecule has 104 valence electrons. The van der Waals surface area contributed by atoms with E-state index < -0.39 is 4.92 Å². The predicted molar refractivity (Wildman–Crippen MR) is 77.6 cm³/mol. The lowest BCUT2D eigenvalue weighted by molar-refractivity contribution is -0.384. The molecule has 0 saturated carbocycles. The molecule has 8 heteroatoms. The van der Waals surface area contributed by atoms with Gasteiger partial charge in [0.25, 0.3) is 5.69 Å². The Morgan fingerprint density at radius 2 is 2.21 bits per heavy atom. The molecule has 19 heavy (non-hydrogen) atoms. The van der Waals surface area contributed by atoms with Crippen molar-refractivity contribution in [1.82, 2.24) is 9.88 Å². The first-order chi connectivity index (χ1) is 9.15. The zero-order valence-electron chi connectivity index (χ0n) is 10.5. The summed E-state index contributed by atoms with van der Waals surface area (Å²) in [5, 5.41) is 13.8. The van der Waals surface area contributed by atoms with Crippen molar-refractivity contribution in [2.45, 2.75) is 0 Å². The van der Waals surface area contributed by atoms with E-state index in [0.717, 1.165) is 19.6 Å². The molecular weight excluding hydrogens is 266 g/mol. The highest BCUT2D eigenvalue weighted by Crippen LogP contribution is 2.18. The smallest absolute Gasteiger partial charge is 0.276 e. The van der Waals surface area contributed by atoms with Gasteiger partial charge in [-0.3, -0.25) is 15.0 Å². The lowest BCUT2D eigenvalue weighted by Crippen LogP contribution is -2.36. The van der Waals surface area contributed by atoms with Crippen molar-refractivity contribution >= 4 is 29.1 Å². The first-order valence-electron chi connectivity index (χ1n) is 6.11. The number of nitrogens with two attached hydrogens (primary N) is 1. The van der Waals surface area contributed by atoms with Gasteiger partial charge in [-0.25, -0.2) is 4.98 Å². The number of anilines is 2. The van der Waals surface area contributed by atoms with E-state index in [9.17, 15) is 10.1 Å². The van der Waals surface area contributed by atoms with E-state index in [0.29, 0.717) is 12.4 Å². The minimum absolute atomic E-state index is 0.0376. The molecule has 0 radical (unpaired) electrons. The van der Waals surface area contributed by atoms with Gasteiger partial charge in [-0.15, -0.1) is 0 Å². The summed E-state index contributed by atoms with van der Waals surface area (Å²) in [5.41, 5.74) is 5.51. The number of nitrogen functional groups attached to an aromatic ring is 1. The maximum atomic E-state index is 10.7. The molecule has 1 aliphatic heterocycles. The maximum absolute atomic E-state index is 10.7. The second-order valence-electron chi connectivity index (χ2n) is 4.27. The van der Waals surface area contributed by atoms with Crippen molar-refractivity contribution < 1.29 is 4.92 Å². The molecule has 0 aromatic carbocycles. The molecular formula is C11H17N5O2S. The predicted octanol–water partition coefficient (Wildman–Crippen LogP) is 1.03. The molecule has 0 bridgehead atoms. The van der Waals surface area contributed by atoms with Gasteiger partial charge in [0.15, 0.2) is 0 Å². The molecule has 2 rings (SSSR count). The Bertz CT molecular complexity index is 451. The Hall–Kier alpha value is -1.54. The van der Waals surface area contributed by atoms with Gasteiger partial charge in [-0.05, 0) is 0 Å². The maximum Gasteiger partial charge on any atom is 0.276 e. The van der Waals surface area contributed by atoms with E-state index >= 15 is 0 Å². The number of nitro groups is 1. The fraction of sp³-hybridized carbons (Fsp3) is 0.545. The number of nitrogens with one attached hydrogen (secondary N) is 1. The minimum Gasteiger partial charge on any atom is -0.383 e. The van der Waals surface area contributed by atoms with Gasteiger partial charge < -0.3 is 11.1 Å². The number of hydrogen-bond donors (Lipinski definition) is 2.